The molecule has 3 N–H and O–H groups in total. The van der Waals surface area contributed by atoms with Gasteiger partial charge in [0.25, 0.3) is 11.8 Å². The highest BCUT2D eigenvalue weighted by Crippen LogP contribution is 2.36. The van der Waals surface area contributed by atoms with Gasteiger partial charge in [-0.1, -0.05) is 18.2 Å². The summed E-state index contributed by atoms with van der Waals surface area (Å²) in [5, 5.41) is 8.00. The van der Waals surface area contributed by atoms with Crippen LogP contribution >= 0.6 is 11.8 Å². The lowest BCUT2D eigenvalue weighted by Crippen LogP contribution is -2.30. The summed E-state index contributed by atoms with van der Waals surface area (Å²) in [5.41, 5.74) is 1.82. The molecule has 1 atom stereocenters. The van der Waals surface area contributed by atoms with Crippen molar-refractivity contribution in [1.29, 1.82) is 0 Å². The monoisotopic (exact) mass is 671 g/mol. The van der Waals surface area contributed by atoms with Crippen molar-refractivity contribution >= 4 is 46.9 Å². The van der Waals surface area contributed by atoms with E-state index in [0.29, 0.717) is 51.2 Å². The number of methoxy groups -OCH3 is 5. The van der Waals surface area contributed by atoms with Crippen LogP contribution in [0.5, 0.6) is 28.7 Å². The standard InChI is InChI=1S/C36H37N3O8S/c1-22(34(40)38-28-17-14-26(43-2)20-31(28)45-4)48-27-15-12-25(13-16-27)37-36(42)29(39-35(41)23-10-8-7-9-11-23)18-24-19-32(46-5)33(47-6)21-30(24)44-3/h7-22H,1-6H3,(H,37,42)(H,38,40)(H,39,41)/b29-18-. The first-order chi connectivity index (χ1) is 23.2. The van der Waals surface area contributed by atoms with Crippen molar-refractivity contribution in [1.82, 2.24) is 5.32 Å². The fourth-order valence-electron chi connectivity index (χ4n) is 4.47. The quantitative estimate of drug-likeness (QED) is 0.105. The largest absolute Gasteiger partial charge is 0.497 e. The fourth-order valence-corrected chi connectivity index (χ4v) is 5.34. The summed E-state index contributed by atoms with van der Waals surface area (Å²) in [7, 11) is 7.56. The number of carbonyl (C=O) groups is 3. The van der Waals surface area contributed by atoms with Crippen molar-refractivity contribution in [3.8, 4) is 28.7 Å². The molecule has 0 aliphatic carbocycles. The van der Waals surface area contributed by atoms with Gasteiger partial charge in [0.1, 0.15) is 22.9 Å². The Balaban J connectivity index is 1.51. The normalized spacial score (nSPS) is 11.5. The van der Waals surface area contributed by atoms with E-state index in [1.54, 1.807) is 99.0 Å². The fraction of sp³-hybridized carbons (Fsp3) is 0.194. The van der Waals surface area contributed by atoms with Crippen molar-refractivity contribution < 1.29 is 38.1 Å². The molecule has 250 valence electrons. The molecule has 1 unspecified atom stereocenters. The average molecular weight is 672 g/mol. The number of amides is 3. The van der Waals surface area contributed by atoms with Crippen molar-refractivity contribution in [2.75, 3.05) is 46.2 Å². The second-order valence-corrected chi connectivity index (χ2v) is 11.5. The minimum Gasteiger partial charge on any atom is -0.497 e. The molecular weight excluding hydrogens is 634 g/mol. The Morgan fingerprint density at radius 3 is 1.96 bits per heavy atom. The van der Waals surface area contributed by atoms with Gasteiger partial charge in [-0.2, -0.15) is 0 Å². The van der Waals surface area contributed by atoms with Gasteiger partial charge < -0.3 is 39.6 Å². The topological polar surface area (TPSA) is 133 Å². The second kappa shape index (κ2) is 16.8. The van der Waals surface area contributed by atoms with Gasteiger partial charge in [-0.3, -0.25) is 14.4 Å². The molecule has 4 aromatic rings. The number of ether oxygens (including phenoxy) is 5. The second-order valence-electron chi connectivity index (χ2n) is 10.1. The van der Waals surface area contributed by atoms with Crippen LogP contribution in [0.15, 0.2) is 95.5 Å². The highest BCUT2D eigenvalue weighted by Gasteiger charge is 2.20. The van der Waals surface area contributed by atoms with Crippen LogP contribution in [-0.2, 0) is 9.59 Å². The van der Waals surface area contributed by atoms with Crippen LogP contribution in [0, 0.1) is 0 Å². The van der Waals surface area contributed by atoms with Crippen molar-refractivity contribution in [2.24, 2.45) is 0 Å². The van der Waals surface area contributed by atoms with Gasteiger partial charge in [0.2, 0.25) is 5.91 Å². The Kier molecular flexibility index (Phi) is 12.3. The SMILES string of the molecule is COc1ccc(NC(=O)C(C)Sc2ccc(NC(=O)/C(=C/c3cc(OC)c(OC)cc3OC)NC(=O)c3ccccc3)cc2)c(OC)c1. The maximum Gasteiger partial charge on any atom is 0.272 e. The summed E-state index contributed by atoms with van der Waals surface area (Å²) in [6.07, 6.45) is 1.50. The lowest BCUT2D eigenvalue weighted by molar-refractivity contribution is -0.115. The number of thioether (sulfide) groups is 1. The number of hydrogen-bond donors (Lipinski definition) is 3. The highest BCUT2D eigenvalue weighted by atomic mass is 32.2. The van der Waals surface area contributed by atoms with E-state index in [1.165, 1.54) is 46.3 Å². The first kappa shape index (κ1) is 35.2. The van der Waals surface area contributed by atoms with Gasteiger partial charge in [-0.05, 0) is 67.6 Å². The molecule has 0 bridgehead atoms. The molecule has 12 heteroatoms. The van der Waals surface area contributed by atoms with Gasteiger partial charge in [-0.15, -0.1) is 11.8 Å². The van der Waals surface area contributed by atoms with Crippen molar-refractivity contribution in [2.45, 2.75) is 17.1 Å². The van der Waals surface area contributed by atoms with E-state index in [0.717, 1.165) is 4.90 Å². The van der Waals surface area contributed by atoms with Crippen LogP contribution in [0.4, 0.5) is 11.4 Å². The number of hydrogen-bond acceptors (Lipinski definition) is 9. The zero-order chi connectivity index (χ0) is 34.6. The number of nitrogens with one attached hydrogen (secondary N) is 3. The molecule has 4 rings (SSSR count). The van der Waals surface area contributed by atoms with Crippen LogP contribution < -0.4 is 39.6 Å². The molecule has 0 saturated heterocycles. The predicted molar refractivity (Wildman–Crippen MR) is 187 cm³/mol. The van der Waals surface area contributed by atoms with Crippen LogP contribution in [0.2, 0.25) is 0 Å². The van der Waals surface area contributed by atoms with Crippen molar-refractivity contribution in [3.63, 3.8) is 0 Å². The van der Waals surface area contributed by atoms with E-state index in [1.807, 2.05) is 0 Å². The van der Waals surface area contributed by atoms with Gasteiger partial charge in [0.05, 0.1) is 46.5 Å². The maximum absolute atomic E-state index is 13.6. The summed E-state index contributed by atoms with van der Waals surface area (Å²) in [4.78, 5) is 40.5. The smallest absolute Gasteiger partial charge is 0.272 e. The Bertz CT molecular complexity index is 1780. The maximum atomic E-state index is 13.6. The first-order valence-corrected chi connectivity index (χ1v) is 15.6. The molecule has 48 heavy (non-hydrogen) atoms. The summed E-state index contributed by atoms with van der Waals surface area (Å²) in [6, 6.07) is 24.0. The van der Waals surface area contributed by atoms with Crippen LogP contribution in [-0.4, -0.2) is 58.5 Å². The van der Waals surface area contributed by atoms with E-state index >= 15 is 0 Å². The molecular formula is C36H37N3O8S. The highest BCUT2D eigenvalue weighted by molar-refractivity contribution is 8.00. The molecule has 0 aromatic heterocycles. The van der Waals surface area contributed by atoms with E-state index in [9.17, 15) is 14.4 Å². The summed E-state index contributed by atoms with van der Waals surface area (Å²) in [5.74, 6) is 1.10. The molecule has 0 aliphatic rings. The Hall–Kier alpha value is -5.62. The third-order valence-corrected chi connectivity index (χ3v) is 8.14. The number of benzene rings is 4. The third-order valence-electron chi connectivity index (χ3n) is 7.03. The molecule has 3 amide bonds. The molecule has 0 radical (unpaired) electrons. The Morgan fingerprint density at radius 1 is 0.688 bits per heavy atom. The summed E-state index contributed by atoms with van der Waals surface area (Å²) >= 11 is 1.35. The number of carbonyl (C=O) groups excluding carboxylic acids is 3. The van der Waals surface area contributed by atoms with E-state index in [2.05, 4.69) is 16.0 Å². The number of rotatable bonds is 14. The lowest BCUT2D eigenvalue weighted by atomic mass is 10.1. The molecule has 11 nitrogen and oxygen atoms in total. The average Bonchev–Trinajstić information content (AvgIpc) is 3.12. The zero-order valence-corrected chi connectivity index (χ0v) is 28.2. The summed E-state index contributed by atoms with van der Waals surface area (Å²) < 4.78 is 26.9. The van der Waals surface area contributed by atoms with Gasteiger partial charge in [0, 0.05) is 33.8 Å². The zero-order valence-electron chi connectivity index (χ0n) is 27.4. The lowest BCUT2D eigenvalue weighted by Gasteiger charge is -2.16. The molecule has 0 spiro atoms. The molecule has 4 aromatic carbocycles. The van der Waals surface area contributed by atoms with Crippen LogP contribution in [0.25, 0.3) is 6.08 Å². The Morgan fingerprint density at radius 2 is 1.33 bits per heavy atom. The van der Waals surface area contributed by atoms with E-state index in [-0.39, 0.29) is 11.6 Å². The third kappa shape index (κ3) is 9.01. The molecule has 0 aliphatic heterocycles. The van der Waals surface area contributed by atoms with Crippen LogP contribution in [0.1, 0.15) is 22.8 Å². The van der Waals surface area contributed by atoms with Gasteiger partial charge >= 0.3 is 0 Å². The van der Waals surface area contributed by atoms with Crippen LogP contribution in [0.3, 0.4) is 0 Å². The molecule has 0 saturated carbocycles. The first-order valence-electron chi connectivity index (χ1n) is 14.7. The molecule has 0 fully saturated rings. The van der Waals surface area contributed by atoms with Gasteiger partial charge in [0.15, 0.2) is 11.5 Å². The Labute approximate surface area is 283 Å². The van der Waals surface area contributed by atoms with Gasteiger partial charge in [-0.25, -0.2) is 0 Å². The van der Waals surface area contributed by atoms with Crippen molar-refractivity contribution in [3.05, 3.63) is 102 Å². The predicted octanol–water partition coefficient (Wildman–Crippen LogP) is 6.26. The summed E-state index contributed by atoms with van der Waals surface area (Å²) in [6.45, 7) is 1.79. The van der Waals surface area contributed by atoms with E-state index < -0.39 is 17.1 Å². The minimum absolute atomic E-state index is 0.0351. The minimum atomic E-state index is -0.572. The molecule has 0 heterocycles. The number of anilines is 2. The van der Waals surface area contributed by atoms with E-state index in [4.69, 9.17) is 23.7 Å².